The molecule has 0 unspecified atom stereocenters. The zero-order chi connectivity index (χ0) is 13.0. The molecule has 0 fully saturated rings. The third-order valence-electron chi connectivity index (χ3n) is 2.96. The van der Waals surface area contributed by atoms with Crippen molar-refractivity contribution in [2.75, 3.05) is 5.73 Å². The normalized spacial score (nSPS) is 11.0. The van der Waals surface area contributed by atoms with Crippen LogP contribution in [0.3, 0.4) is 0 Å². The summed E-state index contributed by atoms with van der Waals surface area (Å²) in [5, 5.41) is 0. The second-order valence-corrected chi connectivity index (χ2v) is 4.26. The van der Waals surface area contributed by atoms with Crippen LogP contribution >= 0.6 is 0 Å². The molecule has 18 heavy (non-hydrogen) atoms. The van der Waals surface area contributed by atoms with Crippen LogP contribution in [-0.4, -0.2) is 4.98 Å². The Morgan fingerprint density at radius 3 is 2.67 bits per heavy atom. The van der Waals surface area contributed by atoms with Crippen LogP contribution in [0.25, 0.3) is 17.2 Å². The predicted octanol–water partition coefficient (Wildman–Crippen LogP) is 4.06. The van der Waals surface area contributed by atoms with E-state index in [0.29, 0.717) is 0 Å². The Kier molecular flexibility index (Phi) is 3.78. The number of nitrogens with zero attached hydrogens (tertiary/aromatic N) is 1. The molecular weight excluding hydrogens is 220 g/mol. The number of nitrogen functional groups attached to an aromatic ring is 1. The van der Waals surface area contributed by atoms with Crippen molar-refractivity contribution in [1.29, 1.82) is 0 Å². The van der Waals surface area contributed by atoms with E-state index in [4.69, 9.17) is 5.73 Å². The van der Waals surface area contributed by atoms with E-state index in [-0.39, 0.29) is 0 Å². The standard InChI is InChI=1S/C16H18N2/c1-3-4-7-15-14(8-5-10-16(15)17)13-9-6-11-18-12(13)2/h4-11H,3,17H2,1-2H3/b7-4-. The molecule has 2 rings (SSSR count). The van der Waals surface area contributed by atoms with Gasteiger partial charge in [0.15, 0.2) is 0 Å². The first kappa shape index (κ1) is 12.4. The van der Waals surface area contributed by atoms with Gasteiger partial charge in [0.1, 0.15) is 0 Å². The molecule has 2 nitrogen and oxygen atoms in total. The quantitative estimate of drug-likeness (QED) is 0.819. The number of aryl methyl sites for hydroxylation is 1. The Hall–Kier alpha value is -2.09. The minimum Gasteiger partial charge on any atom is -0.398 e. The molecule has 0 saturated heterocycles. The fourth-order valence-electron chi connectivity index (χ4n) is 2.01. The average molecular weight is 238 g/mol. The SMILES string of the molecule is CC/C=C\c1c(N)cccc1-c1cccnc1C. The number of hydrogen-bond acceptors (Lipinski definition) is 2. The number of hydrogen-bond donors (Lipinski definition) is 1. The topological polar surface area (TPSA) is 38.9 Å². The number of pyridine rings is 1. The molecule has 0 saturated carbocycles. The minimum absolute atomic E-state index is 0.806. The Morgan fingerprint density at radius 2 is 1.94 bits per heavy atom. The first-order valence-corrected chi connectivity index (χ1v) is 6.21. The maximum absolute atomic E-state index is 6.08. The molecule has 2 N–H and O–H groups in total. The van der Waals surface area contributed by atoms with Crippen LogP contribution in [0.2, 0.25) is 0 Å². The molecule has 2 heteroatoms. The monoisotopic (exact) mass is 238 g/mol. The zero-order valence-corrected chi connectivity index (χ0v) is 10.9. The average Bonchev–Trinajstić information content (AvgIpc) is 2.38. The molecule has 92 valence electrons. The smallest absolute Gasteiger partial charge is 0.0451 e. The largest absolute Gasteiger partial charge is 0.398 e. The van der Waals surface area contributed by atoms with Gasteiger partial charge in [-0.25, -0.2) is 0 Å². The summed E-state index contributed by atoms with van der Waals surface area (Å²) in [4.78, 5) is 4.34. The van der Waals surface area contributed by atoms with E-state index in [1.807, 2.05) is 31.3 Å². The lowest BCUT2D eigenvalue weighted by Crippen LogP contribution is -1.94. The molecule has 0 radical (unpaired) electrons. The lowest BCUT2D eigenvalue weighted by Gasteiger charge is -2.11. The maximum atomic E-state index is 6.08. The molecule has 0 atom stereocenters. The molecule has 2 aromatic rings. The van der Waals surface area contributed by atoms with Crippen LogP contribution in [0.1, 0.15) is 24.6 Å². The van der Waals surface area contributed by atoms with Gasteiger partial charge in [-0.1, -0.05) is 37.3 Å². The van der Waals surface area contributed by atoms with Gasteiger partial charge in [0.05, 0.1) is 0 Å². The summed E-state index contributed by atoms with van der Waals surface area (Å²) in [5.74, 6) is 0. The van der Waals surface area contributed by atoms with Gasteiger partial charge in [0.25, 0.3) is 0 Å². The third kappa shape index (κ3) is 2.43. The summed E-state index contributed by atoms with van der Waals surface area (Å²) in [7, 11) is 0. The Bertz CT molecular complexity index is 571. The molecule has 0 amide bonds. The van der Waals surface area contributed by atoms with E-state index < -0.39 is 0 Å². The third-order valence-corrected chi connectivity index (χ3v) is 2.96. The highest BCUT2D eigenvalue weighted by molar-refractivity contribution is 5.82. The summed E-state index contributed by atoms with van der Waals surface area (Å²) in [6.07, 6.45) is 7.03. The highest BCUT2D eigenvalue weighted by atomic mass is 14.7. The van der Waals surface area contributed by atoms with E-state index in [1.165, 1.54) is 0 Å². The number of nitrogens with two attached hydrogens (primary N) is 1. The zero-order valence-electron chi connectivity index (χ0n) is 10.9. The molecule has 0 spiro atoms. The molecule has 0 aliphatic rings. The maximum Gasteiger partial charge on any atom is 0.0451 e. The number of rotatable bonds is 3. The molecule has 1 aromatic heterocycles. The van der Waals surface area contributed by atoms with Gasteiger partial charge in [0, 0.05) is 28.7 Å². The van der Waals surface area contributed by atoms with Crippen LogP contribution in [-0.2, 0) is 0 Å². The summed E-state index contributed by atoms with van der Waals surface area (Å²) < 4.78 is 0. The van der Waals surface area contributed by atoms with Crippen LogP contribution in [0.4, 0.5) is 5.69 Å². The van der Waals surface area contributed by atoms with E-state index in [9.17, 15) is 0 Å². The summed E-state index contributed by atoms with van der Waals surface area (Å²) in [5.41, 5.74) is 11.3. The van der Waals surface area contributed by atoms with Gasteiger partial charge in [-0.3, -0.25) is 4.98 Å². The van der Waals surface area contributed by atoms with Gasteiger partial charge in [-0.15, -0.1) is 0 Å². The first-order chi connectivity index (χ1) is 8.74. The van der Waals surface area contributed by atoms with Crippen molar-refractivity contribution >= 4 is 11.8 Å². The summed E-state index contributed by atoms with van der Waals surface area (Å²) in [6.45, 7) is 4.14. The molecule has 1 heterocycles. The number of allylic oxidation sites excluding steroid dienone is 1. The second kappa shape index (κ2) is 5.50. The first-order valence-electron chi connectivity index (χ1n) is 6.21. The van der Waals surface area contributed by atoms with Crippen molar-refractivity contribution in [3.63, 3.8) is 0 Å². The van der Waals surface area contributed by atoms with E-state index >= 15 is 0 Å². The lowest BCUT2D eigenvalue weighted by molar-refractivity contribution is 1.20. The Balaban J connectivity index is 2.61. The molecule has 1 aromatic carbocycles. The predicted molar refractivity (Wildman–Crippen MR) is 78.1 cm³/mol. The minimum atomic E-state index is 0.806. The van der Waals surface area contributed by atoms with Crippen molar-refractivity contribution in [2.24, 2.45) is 0 Å². The summed E-state index contributed by atoms with van der Waals surface area (Å²) >= 11 is 0. The molecule has 0 aliphatic heterocycles. The van der Waals surface area contributed by atoms with Crippen molar-refractivity contribution < 1.29 is 0 Å². The number of aromatic nitrogens is 1. The molecule has 0 aliphatic carbocycles. The van der Waals surface area contributed by atoms with E-state index in [0.717, 1.165) is 34.5 Å². The van der Waals surface area contributed by atoms with Gasteiger partial charge >= 0.3 is 0 Å². The van der Waals surface area contributed by atoms with Crippen LogP contribution in [0.15, 0.2) is 42.6 Å². The van der Waals surface area contributed by atoms with Gasteiger partial charge in [-0.2, -0.15) is 0 Å². The molecular formula is C16H18N2. The second-order valence-electron chi connectivity index (χ2n) is 4.26. The summed E-state index contributed by atoms with van der Waals surface area (Å²) in [6, 6.07) is 10.1. The lowest BCUT2D eigenvalue weighted by atomic mass is 9.97. The Labute approximate surface area is 108 Å². The van der Waals surface area contributed by atoms with Crippen LogP contribution < -0.4 is 5.73 Å². The number of benzene rings is 1. The van der Waals surface area contributed by atoms with Gasteiger partial charge in [-0.05, 0) is 31.0 Å². The Morgan fingerprint density at radius 1 is 1.17 bits per heavy atom. The van der Waals surface area contributed by atoms with Crippen LogP contribution in [0, 0.1) is 6.92 Å². The van der Waals surface area contributed by atoms with Crippen molar-refractivity contribution in [3.05, 3.63) is 53.9 Å². The van der Waals surface area contributed by atoms with Gasteiger partial charge in [0.2, 0.25) is 0 Å². The molecule has 0 bridgehead atoms. The van der Waals surface area contributed by atoms with E-state index in [2.05, 4.69) is 36.2 Å². The fraction of sp³-hybridized carbons (Fsp3) is 0.188. The van der Waals surface area contributed by atoms with E-state index in [1.54, 1.807) is 0 Å². The van der Waals surface area contributed by atoms with Crippen molar-refractivity contribution in [1.82, 2.24) is 4.98 Å². The number of anilines is 1. The fourth-order valence-corrected chi connectivity index (χ4v) is 2.01. The highest BCUT2D eigenvalue weighted by Gasteiger charge is 2.08. The highest BCUT2D eigenvalue weighted by Crippen LogP contribution is 2.30. The van der Waals surface area contributed by atoms with Gasteiger partial charge < -0.3 is 5.73 Å². The van der Waals surface area contributed by atoms with Crippen LogP contribution in [0.5, 0.6) is 0 Å². The van der Waals surface area contributed by atoms with Crippen molar-refractivity contribution in [3.8, 4) is 11.1 Å². The van der Waals surface area contributed by atoms with Crippen molar-refractivity contribution in [2.45, 2.75) is 20.3 Å².